The van der Waals surface area contributed by atoms with Crippen LogP contribution in [0.3, 0.4) is 0 Å². The minimum absolute atomic E-state index is 0.0336. The van der Waals surface area contributed by atoms with Crippen molar-refractivity contribution in [1.29, 1.82) is 0 Å². The molecule has 2 N–H and O–H groups in total. The largest absolute Gasteiger partial charge is 0.480 e. The Morgan fingerprint density at radius 3 is 2.44 bits per heavy atom. The van der Waals surface area contributed by atoms with E-state index in [1.807, 2.05) is 0 Å². The van der Waals surface area contributed by atoms with Crippen LogP contribution in [0.25, 0.3) is 11.1 Å². The van der Waals surface area contributed by atoms with Crippen molar-refractivity contribution in [3.63, 3.8) is 0 Å². The number of hydrogen-bond acceptors (Lipinski definition) is 5. The van der Waals surface area contributed by atoms with Crippen LogP contribution >= 0.6 is 11.6 Å². The fourth-order valence-corrected chi connectivity index (χ4v) is 3.21. The number of carbonyl (C=O) groups excluding carboxylic acids is 1. The molecule has 32 heavy (non-hydrogen) atoms. The molecule has 9 nitrogen and oxygen atoms in total. The van der Waals surface area contributed by atoms with E-state index in [0.29, 0.717) is 0 Å². The highest BCUT2D eigenvalue weighted by atomic mass is 35.5. The van der Waals surface area contributed by atoms with Gasteiger partial charge in [0, 0.05) is 23.9 Å². The van der Waals surface area contributed by atoms with Crippen LogP contribution in [-0.2, 0) is 16.1 Å². The number of carboxylic acids is 1. The van der Waals surface area contributed by atoms with Crippen molar-refractivity contribution in [2.75, 3.05) is 6.54 Å². The summed E-state index contributed by atoms with van der Waals surface area (Å²) in [5.41, 5.74) is -2.21. The van der Waals surface area contributed by atoms with Gasteiger partial charge in [0.25, 0.3) is 5.56 Å². The maximum absolute atomic E-state index is 13.8. The first-order chi connectivity index (χ1) is 14.7. The lowest BCUT2D eigenvalue weighted by Gasteiger charge is -2.22. The molecule has 174 valence electrons. The highest BCUT2D eigenvalue weighted by molar-refractivity contribution is 6.34. The van der Waals surface area contributed by atoms with E-state index in [9.17, 15) is 28.7 Å². The predicted molar refractivity (Wildman–Crippen MR) is 117 cm³/mol. The normalized spacial score (nSPS) is 12.3. The minimum Gasteiger partial charge on any atom is -0.480 e. The number of nitrogens with one attached hydrogen (secondary N) is 1. The number of aromatic nitrogens is 2. The standard InChI is InChI=1S/C21H25ClFN3O6/c1-11(8-24-19(30)32-21(3,4)5)26-18(29)14(9-25(20(26)31)10-16(27)28)13-6-7-15(23)12(2)17(13)22/h6-7,9,11H,8,10H2,1-5H3,(H,24,30)(H,27,28)/t11-/m0/s1. The van der Waals surface area contributed by atoms with Crippen molar-refractivity contribution < 1.29 is 23.8 Å². The highest BCUT2D eigenvalue weighted by Gasteiger charge is 2.22. The Labute approximate surface area is 188 Å². The van der Waals surface area contributed by atoms with Crippen LogP contribution in [0, 0.1) is 12.7 Å². The van der Waals surface area contributed by atoms with E-state index >= 15 is 0 Å². The van der Waals surface area contributed by atoms with Crippen LogP contribution in [0.15, 0.2) is 27.9 Å². The van der Waals surface area contributed by atoms with Crippen molar-refractivity contribution in [2.24, 2.45) is 0 Å². The molecule has 0 aliphatic heterocycles. The van der Waals surface area contributed by atoms with E-state index in [1.165, 1.54) is 19.9 Å². The molecule has 0 saturated carbocycles. The lowest BCUT2D eigenvalue weighted by molar-refractivity contribution is -0.137. The molecular formula is C21H25ClFN3O6. The summed E-state index contributed by atoms with van der Waals surface area (Å²) >= 11 is 6.23. The third-order valence-electron chi connectivity index (χ3n) is 4.48. The summed E-state index contributed by atoms with van der Waals surface area (Å²) in [5, 5.41) is 11.6. The van der Waals surface area contributed by atoms with Gasteiger partial charge in [-0.2, -0.15) is 0 Å². The first kappa shape index (κ1) is 25.1. The Morgan fingerprint density at radius 1 is 1.25 bits per heavy atom. The molecule has 1 aromatic carbocycles. The fourth-order valence-electron chi connectivity index (χ4n) is 2.96. The van der Waals surface area contributed by atoms with E-state index in [4.69, 9.17) is 16.3 Å². The maximum Gasteiger partial charge on any atom is 0.407 e. The summed E-state index contributed by atoms with van der Waals surface area (Å²) in [4.78, 5) is 49.2. The predicted octanol–water partition coefficient (Wildman–Crippen LogP) is 2.95. The second kappa shape index (κ2) is 9.56. The quantitative estimate of drug-likeness (QED) is 0.671. The molecule has 0 radical (unpaired) electrons. The lowest BCUT2D eigenvalue weighted by atomic mass is 10.1. The van der Waals surface area contributed by atoms with Crippen LogP contribution in [-0.4, -0.2) is 38.4 Å². The van der Waals surface area contributed by atoms with Gasteiger partial charge in [0.1, 0.15) is 18.0 Å². The second-order valence-corrected chi connectivity index (χ2v) is 8.67. The van der Waals surface area contributed by atoms with Crippen LogP contribution in [0.2, 0.25) is 5.02 Å². The summed E-state index contributed by atoms with van der Waals surface area (Å²) in [6.07, 6.45) is 0.346. The number of halogens is 2. The Kier molecular flexibility index (Phi) is 7.50. The Balaban J connectivity index is 2.58. The summed E-state index contributed by atoms with van der Waals surface area (Å²) in [5.74, 6) is -1.88. The van der Waals surface area contributed by atoms with Gasteiger partial charge < -0.3 is 15.2 Å². The number of amides is 1. The van der Waals surface area contributed by atoms with Gasteiger partial charge in [-0.25, -0.2) is 14.0 Å². The fraction of sp³-hybridized carbons (Fsp3) is 0.429. The third-order valence-corrected chi connectivity index (χ3v) is 4.97. The summed E-state index contributed by atoms with van der Waals surface area (Å²) < 4.78 is 20.7. The van der Waals surface area contributed by atoms with Crippen molar-refractivity contribution in [3.8, 4) is 11.1 Å². The Bertz CT molecular complexity index is 1170. The molecular weight excluding hydrogens is 445 g/mol. The SMILES string of the molecule is Cc1c(F)ccc(-c2cn(CC(=O)O)c(=O)n([C@@H](C)CNC(=O)OC(C)(C)C)c2=O)c1Cl. The summed E-state index contributed by atoms with van der Waals surface area (Å²) in [6.45, 7) is 7.13. The van der Waals surface area contributed by atoms with Gasteiger partial charge in [0.15, 0.2) is 0 Å². The van der Waals surface area contributed by atoms with E-state index < -0.39 is 47.3 Å². The van der Waals surface area contributed by atoms with Crippen molar-refractivity contribution >= 4 is 23.7 Å². The number of nitrogens with zero attached hydrogens (tertiary/aromatic N) is 2. The molecule has 1 amide bonds. The van der Waals surface area contributed by atoms with Crippen LogP contribution in [0.1, 0.15) is 39.3 Å². The van der Waals surface area contributed by atoms with Crippen molar-refractivity contribution in [1.82, 2.24) is 14.5 Å². The van der Waals surface area contributed by atoms with E-state index in [2.05, 4.69) is 5.32 Å². The van der Waals surface area contributed by atoms with E-state index in [0.717, 1.165) is 21.4 Å². The van der Waals surface area contributed by atoms with Crippen molar-refractivity contribution in [3.05, 3.63) is 55.6 Å². The third kappa shape index (κ3) is 5.76. The zero-order valence-electron chi connectivity index (χ0n) is 18.4. The molecule has 2 aromatic rings. The molecule has 11 heteroatoms. The van der Waals surface area contributed by atoms with Gasteiger partial charge in [-0.1, -0.05) is 11.6 Å². The lowest BCUT2D eigenvalue weighted by Crippen LogP contribution is -2.46. The molecule has 0 spiro atoms. The number of alkyl carbamates (subject to hydrolysis) is 1. The molecule has 2 rings (SSSR count). The number of carbonyl (C=O) groups is 2. The summed E-state index contributed by atoms with van der Waals surface area (Å²) in [7, 11) is 0. The van der Waals surface area contributed by atoms with Crippen LogP contribution in [0.4, 0.5) is 9.18 Å². The van der Waals surface area contributed by atoms with Gasteiger partial charge in [-0.15, -0.1) is 0 Å². The molecule has 1 atom stereocenters. The molecule has 0 aliphatic carbocycles. The molecule has 0 saturated heterocycles. The Morgan fingerprint density at radius 2 is 1.88 bits per heavy atom. The van der Waals surface area contributed by atoms with Gasteiger partial charge in [0.05, 0.1) is 16.6 Å². The molecule has 1 aromatic heterocycles. The minimum atomic E-state index is -1.30. The monoisotopic (exact) mass is 469 g/mol. The molecule has 0 fully saturated rings. The number of ether oxygens (including phenoxy) is 1. The van der Waals surface area contributed by atoms with Gasteiger partial charge >= 0.3 is 17.8 Å². The molecule has 1 heterocycles. The zero-order valence-corrected chi connectivity index (χ0v) is 19.1. The van der Waals surface area contributed by atoms with Crippen molar-refractivity contribution in [2.45, 2.75) is 52.8 Å². The van der Waals surface area contributed by atoms with Crippen LogP contribution in [0.5, 0.6) is 0 Å². The van der Waals surface area contributed by atoms with Gasteiger partial charge in [0.2, 0.25) is 0 Å². The number of carboxylic acid groups (broad SMARTS) is 1. The van der Waals surface area contributed by atoms with Gasteiger partial charge in [-0.3, -0.25) is 18.7 Å². The highest BCUT2D eigenvalue weighted by Crippen LogP contribution is 2.30. The van der Waals surface area contributed by atoms with Crippen LogP contribution < -0.4 is 16.6 Å². The first-order valence-corrected chi connectivity index (χ1v) is 10.1. The van der Waals surface area contributed by atoms with Gasteiger partial charge in [-0.05, 0) is 46.8 Å². The maximum atomic E-state index is 13.8. The Hall–Kier alpha value is -3.14. The summed E-state index contributed by atoms with van der Waals surface area (Å²) in [6, 6.07) is 1.55. The smallest absolute Gasteiger partial charge is 0.407 e. The van der Waals surface area contributed by atoms with E-state index in [1.54, 1.807) is 20.8 Å². The number of benzene rings is 1. The number of hydrogen-bond donors (Lipinski definition) is 2. The topological polar surface area (TPSA) is 120 Å². The number of aliphatic carboxylic acids is 1. The molecule has 0 aliphatic rings. The number of rotatable bonds is 6. The average molecular weight is 470 g/mol. The molecule has 0 bridgehead atoms. The average Bonchev–Trinajstić information content (AvgIpc) is 2.66. The van der Waals surface area contributed by atoms with E-state index in [-0.39, 0.29) is 28.3 Å². The first-order valence-electron chi connectivity index (χ1n) is 9.72. The molecule has 0 unspecified atom stereocenters. The second-order valence-electron chi connectivity index (χ2n) is 8.29. The zero-order chi connectivity index (χ0) is 24.4.